The third-order valence-corrected chi connectivity index (χ3v) is 4.12. The van der Waals surface area contributed by atoms with Gasteiger partial charge in [0, 0.05) is 10.0 Å². The van der Waals surface area contributed by atoms with E-state index >= 15 is 0 Å². The average Bonchev–Trinajstić information content (AvgIpc) is 2.85. The van der Waals surface area contributed by atoms with Crippen molar-refractivity contribution >= 4 is 32.9 Å². The van der Waals surface area contributed by atoms with Crippen LogP contribution in [0.25, 0.3) is 22.1 Å². The molecule has 0 radical (unpaired) electrons. The van der Waals surface area contributed by atoms with Gasteiger partial charge < -0.3 is 14.3 Å². The van der Waals surface area contributed by atoms with E-state index in [2.05, 4.69) is 15.9 Å². The number of carbonyl (C=O) groups excluding carboxylic acids is 1. The first-order chi connectivity index (χ1) is 11.0. The van der Waals surface area contributed by atoms with Crippen molar-refractivity contribution in [1.82, 2.24) is 0 Å². The lowest BCUT2D eigenvalue weighted by atomic mass is 10.0. The Labute approximate surface area is 141 Å². The largest absolute Gasteiger partial charge is 0.507 e. The third kappa shape index (κ3) is 2.84. The fraction of sp³-hybridized carbons (Fsp3) is 0.167. The summed E-state index contributed by atoms with van der Waals surface area (Å²) in [5.41, 5.74) is 2.78. The number of aromatic hydroxyl groups is 1. The van der Waals surface area contributed by atoms with Gasteiger partial charge in [-0.2, -0.15) is 0 Å². The summed E-state index contributed by atoms with van der Waals surface area (Å²) in [6, 6.07) is 11.2. The van der Waals surface area contributed by atoms with Gasteiger partial charge in [0.1, 0.15) is 11.3 Å². The van der Waals surface area contributed by atoms with E-state index in [1.165, 1.54) is 0 Å². The van der Waals surface area contributed by atoms with E-state index in [9.17, 15) is 9.90 Å². The molecular weight excluding hydrogens is 360 g/mol. The van der Waals surface area contributed by atoms with Crippen molar-refractivity contribution in [2.24, 2.45) is 0 Å². The van der Waals surface area contributed by atoms with Crippen LogP contribution in [0.3, 0.4) is 0 Å². The standard InChI is InChI=1S/C18H15BrO4/c1-3-22-18(21)17-10(2)16-14(20)8-12(9-15(16)23-17)11-5-4-6-13(19)7-11/h4-9,20H,3H2,1-2H3. The molecule has 1 N–H and O–H groups in total. The maximum Gasteiger partial charge on any atom is 0.374 e. The van der Waals surface area contributed by atoms with Gasteiger partial charge in [0.2, 0.25) is 5.76 Å². The van der Waals surface area contributed by atoms with E-state index in [0.29, 0.717) is 16.5 Å². The number of halogens is 1. The highest BCUT2D eigenvalue weighted by Gasteiger charge is 2.21. The summed E-state index contributed by atoms with van der Waals surface area (Å²) in [6.07, 6.45) is 0. The fourth-order valence-corrected chi connectivity index (χ4v) is 2.98. The summed E-state index contributed by atoms with van der Waals surface area (Å²) in [7, 11) is 0. The predicted octanol–water partition coefficient (Wildman–Crippen LogP) is 5.05. The lowest BCUT2D eigenvalue weighted by molar-refractivity contribution is 0.0491. The Hall–Kier alpha value is -2.27. The second-order valence-electron chi connectivity index (χ2n) is 5.16. The molecular formula is C18H15BrO4. The van der Waals surface area contributed by atoms with Crippen molar-refractivity contribution in [1.29, 1.82) is 0 Å². The van der Waals surface area contributed by atoms with Crippen LogP contribution in [0.5, 0.6) is 5.75 Å². The van der Waals surface area contributed by atoms with Gasteiger partial charge in [0.05, 0.1) is 12.0 Å². The third-order valence-electron chi connectivity index (χ3n) is 3.63. The summed E-state index contributed by atoms with van der Waals surface area (Å²) in [4.78, 5) is 11.9. The number of aryl methyl sites for hydroxylation is 1. The topological polar surface area (TPSA) is 59.7 Å². The predicted molar refractivity (Wildman–Crippen MR) is 91.7 cm³/mol. The molecule has 0 aliphatic carbocycles. The lowest BCUT2D eigenvalue weighted by Gasteiger charge is -2.04. The fourth-order valence-electron chi connectivity index (χ4n) is 2.58. The number of ether oxygens (including phenoxy) is 1. The Morgan fingerprint density at radius 1 is 1.26 bits per heavy atom. The molecule has 0 aliphatic rings. The van der Waals surface area contributed by atoms with Crippen LogP contribution in [0.1, 0.15) is 23.0 Å². The minimum atomic E-state index is -0.524. The van der Waals surface area contributed by atoms with Gasteiger partial charge >= 0.3 is 5.97 Å². The molecule has 1 heterocycles. The molecule has 0 fully saturated rings. The zero-order chi connectivity index (χ0) is 16.6. The summed E-state index contributed by atoms with van der Waals surface area (Å²) in [5, 5.41) is 10.9. The molecule has 0 amide bonds. The van der Waals surface area contributed by atoms with Gasteiger partial charge in [-0.25, -0.2) is 4.79 Å². The summed E-state index contributed by atoms with van der Waals surface area (Å²) < 4.78 is 11.6. The van der Waals surface area contributed by atoms with Gasteiger partial charge in [-0.1, -0.05) is 28.1 Å². The number of esters is 1. The smallest absolute Gasteiger partial charge is 0.374 e. The zero-order valence-corrected chi connectivity index (χ0v) is 14.3. The monoisotopic (exact) mass is 374 g/mol. The van der Waals surface area contributed by atoms with Gasteiger partial charge in [0.15, 0.2) is 0 Å². The highest BCUT2D eigenvalue weighted by molar-refractivity contribution is 9.10. The first-order valence-corrected chi connectivity index (χ1v) is 7.99. The molecule has 0 saturated carbocycles. The molecule has 3 aromatic rings. The molecule has 3 rings (SSSR count). The van der Waals surface area contributed by atoms with Crippen molar-refractivity contribution in [3.63, 3.8) is 0 Å². The number of furan rings is 1. The van der Waals surface area contributed by atoms with Crippen molar-refractivity contribution in [3.8, 4) is 16.9 Å². The maximum atomic E-state index is 11.9. The number of benzene rings is 2. The Morgan fingerprint density at radius 3 is 2.74 bits per heavy atom. The highest BCUT2D eigenvalue weighted by atomic mass is 79.9. The van der Waals surface area contributed by atoms with E-state index < -0.39 is 5.97 Å². The van der Waals surface area contributed by atoms with Gasteiger partial charge in [0.25, 0.3) is 0 Å². The number of rotatable bonds is 3. The minimum Gasteiger partial charge on any atom is -0.507 e. The van der Waals surface area contributed by atoms with E-state index in [0.717, 1.165) is 15.6 Å². The molecule has 118 valence electrons. The number of hydrogen-bond donors (Lipinski definition) is 1. The second-order valence-corrected chi connectivity index (χ2v) is 6.07. The normalized spacial score (nSPS) is 10.9. The van der Waals surface area contributed by atoms with Crippen LogP contribution in [0.4, 0.5) is 0 Å². The first kappa shape index (κ1) is 15.6. The van der Waals surface area contributed by atoms with E-state index in [1.807, 2.05) is 30.3 Å². The van der Waals surface area contributed by atoms with E-state index in [1.54, 1.807) is 19.9 Å². The number of fused-ring (bicyclic) bond motifs is 1. The van der Waals surface area contributed by atoms with Gasteiger partial charge in [-0.15, -0.1) is 0 Å². The molecule has 0 aliphatic heterocycles. The second kappa shape index (κ2) is 6.08. The summed E-state index contributed by atoms with van der Waals surface area (Å²) >= 11 is 3.43. The van der Waals surface area contributed by atoms with Crippen LogP contribution in [0.2, 0.25) is 0 Å². The van der Waals surface area contributed by atoms with Crippen LogP contribution in [-0.2, 0) is 4.74 Å². The molecule has 0 bridgehead atoms. The molecule has 4 nitrogen and oxygen atoms in total. The Kier molecular flexibility index (Phi) is 4.13. The maximum absolute atomic E-state index is 11.9. The van der Waals surface area contributed by atoms with Crippen LogP contribution in [-0.4, -0.2) is 17.7 Å². The summed E-state index contributed by atoms with van der Waals surface area (Å²) in [6.45, 7) is 3.74. The molecule has 5 heteroatoms. The molecule has 1 aromatic heterocycles. The van der Waals surface area contributed by atoms with Crippen molar-refractivity contribution in [3.05, 3.63) is 52.2 Å². The SMILES string of the molecule is CCOC(=O)c1oc2cc(-c3cccc(Br)c3)cc(O)c2c1C. The number of phenolic OH excluding ortho intramolecular Hbond substituents is 1. The molecule has 0 spiro atoms. The quantitative estimate of drug-likeness (QED) is 0.651. The number of hydrogen-bond acceptors (Lipinski definition) is 4. The van der Waals surface area contributed by atoms with Gasteiger partial charge in [-0.3, -0.25) is 0 Å². The van der Waals surface area contributed by atoms with E-state index in [-0.39, 0.29) is 18.1 Å². The molecule has 0 atom stereocenters. The van der Waals surface area contributed by atoms with Gasteiger partial charge in [-0.05, 0) is 49.2 Å². The Balaban J connectivity index is 2.17. The zero-order valence-electron chi connectivity index (χ0n) is 12.7. The average molecular weight is 375 g/mol. The van der Waals surface area contributed by atoms with Crippen molar-refractivity contribution in [2.45, 2.75) is 13.8 Å². The lowest BCUT2D eigenvalue weighted by Crippen LogP contribution is -2.04. The van der Waals surface area contributed by atoms with Crippen molar-refractivity contribution in [2.75, 3.05) is 6.61 Å². The van der Waals surface area contributed by atoms with Crippen LogP contribution < -0.4 is 0 Å². The van der Waals surface area contributed by atoms with Crippen molar-refractivity contribution < 1.29 is 19.1 Å². The minimum absolute atomic E-state index is 0.0780. The molecule has 0 unspecified atom stereocenters. The highest BCUT2D eigenvalue weighted by Crippen LogP contribution is 2.37. The van der Waals surface area contributed by atoms with Crippen LogP contribution in [0, 0.1) is 6.92 Å². The first-order valence-electron chi connectivity index (χ1n) is 7.20. The molecule has 2 aromatic carbocycles. The Bertz CT molecular complexity index is 895. The van der Waals surface area contributed by atoms with Crippen LogP contribution >= 0.6 is 15.9 Å². The van der Waals surface area contributed by atoms with Crippen LogP contribution in [0.15, 0.2) is 45.3 Å². The molecule has 0 saturated heterocycles. The number of carbonyl (C=O) groups is 1. The number of phenols is 1. The Morgan fingerprint density at radius 2 is 2.04 bits per heavy atom. The molecule has 23 heavy (non-hydrogen) atoms. The summed E-state index contributed by atoms with van der Waals surface area (Å²) in [5.74, 6) is -0.317. The van der Waals surface area contributed by atoms with E-state index in [4.69, 9.17) is 9.15 Å².